The number of phenolic OH excluding ortho intramolecular Hbond substituents is 2. The molecular weight excluding hydrogens is 184 g/mol. The summed E-state index contributed by atoms with van der Waals surface area (Å²) in [6.45, 7) is 1.50. The summed E-state index contributed by atoms with van der Waals surface area (Å²) in [7, 11) is 0. The number of ketones is 1. The van der Waals surface area contributed by atoms with E-state index >= 15 is 0 Å². The van der Waals surface area contributed by atoms with Gasteiger partial charge < -0.3 is 15.3 Å². The van der Waals surface area contributed by atoms with Crippen LogP contribution >= 0.6 is 0 Å². The number of carbonyl (C=O) groups excluding carboxylic acids is 1. The summed E-state index contributed by atoms with van der Waals surface area (Å²) in [5.74, 6) is -0.718. The van der Waals surface area contributed by atoms with E-state index in [1.807, 2.05) is 0 Å². The second-order valence-electron chi connectivity index (χ2n) is 3.18. The molecule has 76 valence electrons. The Hall–Kier alpha value is -1.55. The number of hydrogen-bond acceptors (Lipinski definition) is 4. The van der Waals surface area contributed by atoms with E-state index in [4.69, 9.17) is 10.2 Å². The lowest BCUT2D eigenvalue weighted by Gasteiger charge is -2.05. The maximum absolute atomic E-state index is 11.4. The first-order chi connectivity index (χ1) is 6.50. The molecule has 0 saturated heterocycles. The Labute approximate surface area is 81.4 Å². The molecule has 4 nitrogen and oxygen atoms in total. The molecule has 1 aromatic carbocycles. The lowest BCUT2D eigenvalue weighted by Crippen LogP contribution is -2.09. The molecule has 0 aliphatic carbocycles. The first kappa shape index (κ1) is 10.5. The Morgan fingerprint density at radius 2 is 2.07 bits per heavy atom. The summed E-state index contributed by atoms with van der Waals surface area (Å²) in [5.41, 5.74) is 0.115. The van der Waals surface area contributed by atoms with Gasteiger partial charge >= 0.3 is 0 Å². The standard InChI is InChI=1S/C10H12O4/c1-6(11)4-9(13)8-3-2-7(12)5-10(8)14/h2-3,5-6,11-12,14H,4H2,1H3/t6-/m0/s1. The minimum atomic E-state index is -0.740. The SMILES string of the molecule is C[C@H](O)CC(=O)c1ccc(O)cc1O. The topological polar surface area (TPSA) is 77.8 Å². The highest BCUT2D eigenvalue weighted by Gasteiger charge is 2.13. The van der Waals surface area contributed by atoms with Crippen LogP contribution in [0.3, 0.4) is 0 Å². The van der Waals surface area contributed by atoms with Gasteiger partial charge in [0.1, 0.15) is 11.5 Å². The van der Waals surface area contributed by atoms with E-state index < -0.39 is 6.10 Å². The van der Waals surface area contributed by atoms with Crippen LogP contribution < -0.4 is 0 Å². The van der Waals surface area contributed by atoms with Gasteiger partial charge in [-0.05, 0) is 19.1 Å². The molecule has 0 radical (unpaired) electrons. The average molecular weight is 196 g/mol. The van der Waals surface area contributed by atoms with Gasteiger partial charge in [-0.3, -0.25) is 4.79 Å². The lowest BCUT2D eigenvalue weighted by molar-refractivity contribution is 0.0899. The monoisotopic (exact) mass is 196 g/mol. The Morgan fingerprint density at radius 1 is 1.43 bits per heavy atom. The molecule has 3 N–H and O–H groups in total. The minimum Gasteiger partial charge on any atom is -0.508 e. The number of benzene rings is 1. The van der Waals surface area contributed by atoms with Gasteiger partial charge in [0.15, 0.2) is 5.78 Å². The molecule has 0 unspecified atom stereocenters. The smallest absolute Gasteiger partial charge is 0.169 e. The van der Waals surface area contributed by atoms with Crippen LogP contribution in [0.25, 0.3) is 0 Å². The largest absolute Gasteiger partial charge is 0.508 e. The van der Waals surface area contributed by atoms with Gasteiger partial charge in [-0.15, -0.1) is 0 Å². The predicted octanol–water partition coefficient (Wildman–Crippen LogP) is 1.05. The van der Waals surface area contributed by atoms with E-state index in [-0.39, 0.29) is 29.3 Å². The Bertz CT molecular complexity index is 344. The van der Waals surface area contributed by atoms with Gasteiger partial charge in [-0.25, -0.2) is 0 Å². The van der Waals surface area contributed by atoms with Crippen molar-refractivity contribution in [1.82, 2.24) is 0 Å². The summed E-state index contributed by atoms with van der Waals surface area (Å²) in [6, 6.07) is 3.74. The van der Waals surface area contributed by atoms with Crippen molar-refractivity contribution in [1.29, 1.82) is 0 Å². The molecule has 0 amide bonds. The van der Waals surface area contributed by atoms with Crippen LogP contribution in [0.1, 0.15) is 23.7 Å². The fraction of sp³-hybridized carbons (Fsp3) is 0.300. The Kier molecular flexibility index (Phi) is 3.09. The predicted molar refractivity (Wildman–Crippen MR) is 50.4 cm³/mol. The molecule has 0 aliphatic rings. The van der Waals surface area contributed by atoms with Crippen LogP contribution in [0, 0.1) is 0 Å². The van der Waals surface area contributed by atoms with Crippen molar-refractivity contribution in [3.63, 3.8) is 0 Å². The van der Waals surface area contributed by atoms with Crippen molar-refractivity contribution in [2.45, 2.75) is 19.4 Å². The van der Waals surface area contributed by atoms with Gasteiger partial charge in [-0.1, -0.05) is 0 Å². The number of hydrogen-bond donors (Lipinski definition) is 3. The molecule has 0 aliphatic heterocycles. The number of aromatic hydroxyl groups is 2. The van der Waals surface area contributed by atoms with Crippen LogP contribution in [-0.4, -0.2) is 27.2 Å². The molecular formula is C10H12O4. The van der Waals surface area contributed by atoms with Crippen LogP contribution in [0.5, 0.6) is 11.5 Å². The van der Waals surface area contributed by atoms with Crippen molar-refractivity contribution < 1.29 is 20.1 Å². The number of Topliss-reactive ketones (excluding diaryl/α,β-unsaturated/α-hetero) is 1. The van der Waals surface area contributed by atoms with E-state index in [1.54, 1.807) is 0 Å². The molecule has 0 aromatic heterocycles. The van der Waals surface area contributed by atoms with E-state index in [0.717, 1.165) is 6.07 Å². The minimum absolute atomic E-state index is 0.0433. The maximum Gasteiger partial charge on any atom is 0.169 e. The molecule has 1 aromatic rings. The molecule has 0 saturated carbocycles. The normalized spacial score (nSPS) is 12.4. The highest BCUT2D eigenvalue weighted by Crippen LogP contribution is 2.23. The van der Waals surface area contributed by atoms with Gasteiger partial charge in [0, 0.05) is 12.5 Å². The highest BCUT2D eigenvalue weighted by molar-refractivity contribution is 5.98. The highest BCUT2D eigenvalue weighted by atomic mass is 16.3. The summed E-state index contributed by atoms with van der Waals surface area (Å²) >= 11 is 0. The molecule has 0 heterocycles. The maximum atomic E-state index is 11.4. The summed E-state index contributed by atoms with van der Waals surface area (Å²) in [5, 5.41) is 27.3. The third kappa shape index (κ3) is 2.47. The zero-order chi connectivity index (χ0) is 10.7. The number of phenols is 2. The van der Waals surface area contributed by atoms with Crippen LogP contribution in [0.4, 0.5) is 0 Å². The quantitative estimate of drug-likeness (QED) is 0.631. The second kappa shape index (κ2) is 4.11. The van der Waals surface area contributed by atoms with Gasteiger partial charge in [0.05, 0.1) is 11.7 Å². The van der Waals surface area contributed by atoms with E-state index in [2.05, 4.69) is 0 Å². The van der Waals surface area contributed by atoms with Crippen molar-refractivity contribution in [2.75, 3.05) is 0 Å². The molecule has 0 fully saturated rings. The van der Waals surface area contributed by atoms with Crippen molar-refractivity contribution >= 4 is 5.78 Å². The Morgan fingerprint density at radius 3 is 2.57 bits per heavy atom. The molecule has 1 atom stereocenters. The third-order valence-electron chi connectivity index (χ3n) is 1.76. The van der Waals surface area contributed by atoms with Crippen LogP contribution in [-0.2, 0) is 0 Å². The van der Waals surface area contributed by atoms with Gasteiger partial charge in [-0.2, -0.15) is 0 Å². The van der Waals surface area contributed by atoms with Crippen molar-refractivity contribution in [2.24, 2.45) is 0 Å². The zero-order valence-electron chi connectivity index (χ0n) is 7.77. The van der Waals surface area contributed by atoms with Crippen molar-refractivity contribution in [3.8, 4) is 11.5 Å². The number of aliphatic hydroxyl groups excluding tert-OH is 1. The number of carbonyl (C=O) groups is 1. The Balaban J connectivity index is 2.90. The fourth-order valence-electron chi connectivity index (χ4n) is 1.13. The third-order valence-corrected chi connectivity index (χ3v) is 1.76. The van der Waals surface area contributed by atoms with Crippen LogP contribution in [0.15, 0.2) is 18.2 Å². The summed E-state index contributed by atoms with van der Waals surface area (Å²) < 4.78 is 0. The summed E-state index contributed by atoms with van der Waals surface area (Å²) in [6.07, 6.45) is -0.783. The van der Waals surface area contributed by atoms with E-state index in [0.29, 0.717) is 0 Å². The lowest BCUT2D eigenvalue weighted by atomic mass is 10.0. The van der Waals surface area contributed by atoms with Gasteiger partial charge in [0.2, 0.25) is 0 Å². The fourth-order valence-corrected chi connectivity index (χ4v) is 1.13. The second-order valence-corrected chi connectivity index (χ2v) is 3.18. The first-order valence-electron chi connectivity index (χ1n) is 4.24. The van der Waals surface area contributed by atoms with E-state index in [9.17, 15) is 9.90 Å². The van der Waals surface area contributed by atoms with E-state index in [1.165, 1.54) is 19.1 Å². The molecule has 0 spiro atoms. The molecule has 0 bridgehead atoms. The van der Waals surface area contributed by atoms with Gasteiger partial charge in [0.25, 0.3) is 0 Å². The number of rotatable bonds is 3. The van der Waals surface area contributed by atoms with Crippen molar-refractivity contribution in [3.05, 3.63) is 23.8 Å². The molecule has 4 heteroatoms. The molecule has 14 heavy (non-hydrogen) atoms. The first-order valence-corrected chi connectivity index (χ1v) is 4.24. The summed E-state index contributed by atoms with van der Waals surface area (Å²) in [4.78, 5) is 11.4. The zero-order valence-corrected chi connectivity index (χ0v) is 7.77. The van der Waals surface area contributed by atoms with Crippen LogP contribution in [0.2, 0.25) is 0 Å². The average Bonchev–Trinajstić information content (AvgIpc) is 2.01. The molecule has 1 rings (SSSR count). The number of aliphatic hydroxyl groups is 1.